The zero-order chi connectivity index (χ0) is 13.4. The van der Waals surface area contributed by atoms with Gasteiger partial charge in [-0.1, -0.05) is 35.9 Å². The molecule has 2 aromatic carbocycles. The Bertz CT molecular complexity index is 748. The molecule has 0 bridgehead atoms. The first-order chi connectivity index (χ1) is 9.13. The van der Waals surface area contributed by atoms with E-state index in [0.29, 0.717) is 5.82 Å². The van der Waals surface area contributed by atoms with E-state index in [1.165, 1.54) is 5.56 Å². The zero-order valence-corrected chi connectivity index (χ0v) is 10.6. The Morgan fingerprint density at radius 3 is 2.26 bits per heavy atom. The predicted octanol–water partition coefficient (Wildman–Crippen LogP) is 2.77. The summed E-state index contributed by atoms with van der Waals surface area (Å²) in [5.41, 5.74) is 15.7. The van der Waals surface area contributed by atoms with E-state index < -0.39 is 0 Å². The van der Waals surface area contributed by atoms with E-state index in [1.54, 1.807) is 0 Å². The lowest BCUT2D eigenvalue weighted by molar-refractivity contribution is 1.25. The van der Waals surface area contributed by atoms with E-state index >= 15 is 0 Å². The monoisotopic (exact) mass is 250 g/mol. The SMILES string of the molecule is Cc1ccc(-c2ccc3nc(N)nc(N)c3c2)cc1. The predicted molar refractivity (Wildman–Crippen MR) is 78.5 cm³/mol. The van der Waals surface area contributed by atoms with Crippen LogP contribution in [0.25, 0.3) is 22.0 Å². The van der Waals surface area contributed by atoms with Crippen molar-refractivity contribution in [2.75, 3.05) is 11.5 Å². The summed E-state index contributed by atoms with van der Waals surface area (Å²) in [4.78, 5) is 8.17. The standard InChI is InChI=1S/C15H14N4/c1-9-2-4-10(5-3-9)11-6-7-13-12(8-11)14(16)19-15(17)18-13/h2-8H,1H3,(H4,16,17,18,19). The van der Waals surface area contributed by atoms with Crippen LogP contribution in [0.2, 0.25) is 0 Å². The van der Waals surface area contributed by atoms with Crippen molar-refractivity contribution in [1.82, 2.24) is 9.97 Å². The van der Waals surface area contributed by atoms with Gasteiger partial charge in [-0.15, -0.1) is 0 Å². The number of hydrogen-bond acceptors (Lipinski definition) is 4. The lowest BCUT2D eigenvalue weighted by Crippen LogP contribution is -2.00. The van der Waals surface area contributed by atoms with Crippen LogP contribution in [0, 0.1) is 6.92 Å². The van der Waals surface area contributed by atoms with Crippen LogP contribution in [0.3, 0.4) is 0 Å². The molecular formula is C15H14N4. The van der Waals surface area contributed by atoms with Crippen molar-refractivity contribution in [2.24, 2.45) is 0 Å². The molecule has 0 aliphatic heterocycles. The summed E-state index contributed by atoms with van der Waals surface area (Å²) in [5, 5.41) is 0.826. The molecule has 4 heteroatoms. The Morgan fingerprint density at radius 2 is 1.53 bits per heavy atom. The van der Waals surface area contributed by atoms with Crippen molar-refractivity contribution in [1.29, 1.82) is 0 Å². The number of nitrogens with two attached hydrogens (primary N) is 2. The number of nitrogens with zero attached hydrogens (tertiary/aromatic N) is 2. The van der Waals surface area contributed by atoms with Gasteiger partial charge in [0.1, 0.15) is 5.82 Å². The van der Waals surface area contributed by atoms with Crippen molar-refractivity contribution >= 4 is 22.7 Å². The molecule has 0 fully saturated rings. The molecule has 1 heterocycles. The van der Waals surface area contributed by atoms with Gasteiger partial charge < -0.3 is 11.5 Å². The first-order valence-electron chi connectivity index (χ1n) is 6.03. The number of aryl methyl sites for hydroxylation is 1. The van der Waals surface area contributed by atoms with Gasteiger partial charge in [-0.2, -0.15) is 4.98 Å². The molecule has 1 aromatic heterocycles. The molecule has 3 rings (SSSR count). The summed E-state index contributed by atoms with van der Waals surface area (Å²) < 4.78 is 0. The Labute approximate surface area is 111 Å². The van der Waals surface area contributed by atoms with Gasteiger partial charge in [0.25, 0.3) is 0 Å². The Balaban J connectivity index is 2.19. The summed E-state index contributed by atoms with van der Waals surface area (Å²) in [6, 6.07) is 14.3. The minimum atomic E-state index is 0.202. The molecule has 0 radical (unpaired) electrons. The normalized spacial score (nSPS) is 10.8. The fraction of sp³-hybridized carbons (Fsp3) is 0.0667. The third-order valence-corrected chi connectivity index (χ3v) is 3.13. The van der Waals surface area contributed by atoms with E-state index in [1.807, 2.05) is 18.2 Å². The first-order valence-corrected chi connectivity index (χ1v) is 6.03. The van der Waals surface area contributed by atoms with Crippen LogP contribution in [-0.2, 0) is 0 Å². The molecule has 0 saturated heterocycles. The maximum atomic E-state index is 5.90. The summed E-state index contributed by atoms with van der Waals surface area (Å²) in [7, 11) is 0. The van der Waals surface area contributed by atoms with E-state index in [0.717, 1.165) is 22.0 Å². The molecule has 0 aliphatic rings. The summed E-state index contributed by atoms with van der Waals surface area (Å²) in [6.07, 6.45) is 0. The Morgan fingerprint density at radius 1 is 0.842 bits per heavy atom. The molecule has 4 N–H and O–H groups in total. The minimum absolute atomic E-state index is 0.202. The third-order valence-electron chi connectivity index (χ3n) is 3.13. The second-order valence-electron chi connectivity index (χ2n) is 4.56. The van der Waals surface area contributed by atoms with Gasteiger partial charge in [0.15, 0.2) is 0 Å². The molecule has 94 valence electrons. The smallest absolute Gasteiger partial charge is 0.222 e. The number of aromatic nitrogens is 2. The molecule has 4 nitrogen and oxygen atoms in total. The fourth-order valence-corrected chi connectivity index (χ4v) is 2.10. The molecule has 0 saturated carbocycles. The molecule has 0 atom stereocenters. The highest BCUT2D eigenvalue weighted by Gasteiger charge is 2.05. The Kier molecular flexibility index (Phi) is 2.56. The molecule has 0 aliphatic carbocycles. The van der Waals surface area contributed by atoms with Crippen LogP contribution in [0.5, 0.6) is 0 Å². The highest BCUT2D eigenvalue weighted by Crippen LogP contribution is 2.26. The van der Waals surface area contributed by atoms with E-state index in [4.69, 9.17) is 11.5 Å². The second-order valence-corrected chi connectivity index (χ2v) is 4.56. The summed E-state index contributed by atoms with van der Waals surface area (Å²) in [5.74, 6) is 0.615. The largest absolute Gasteiger partial charge is 0.383 e. The van der Waals surface area contributed by atoms with Crippen LogP contribution < -0.4 is 11.5 Å². The van der Waals surface area contributed by atoms with E-state index in [-0.39, 0.29) is 5.95 Å². The Hall–Kier alpha value is -2.62. The van der Waals surface area contributed by atoms with E-state index in [2.05, 4.69) is 41.2 Å². The fourth-order valence-electron chi connectivity index (χ4n) is 2.10. The van der Waals surface area contributed by atoms with Gasteiger partial charge in [0.2, 0.25) is 5.95 Å². The first kappa shape index (κ1) is 11.5. The molecule has 19 heavy (non-hydrogen) atoms. The third kappa shape index (κ3) is 2.08. The van der Waals surface area contributed by atoms with Crippen LogP contribution in [0.4, 0.5) is 11.8 Å². The van der Waals surface area contributed by atoms with Crippen LogP contribution in [0.1, 0.15) is 5.56 Å². The van der Waals surface area contributed by atoms with Gasteiger partial charge in [-0.3, -0.25) is 0 Å². The van der Waals surface area contributed by atoms with Crippen molar-refractivity contribution < 1.29 is 0 Å². The average molecular weight is 250 g/mol. The number of anilines is 2. The van der Waals surface area contributed by atoms with Crippen molar-refractivity contribution in [2.45, 2.75) is 6.92 Å². The number of rotatable bonds is 1. The molecule has 0 unspecified atom stereocenters. The molecule has 0 amide bonds. The quantitative estimate of drug-likeness (QED) is 0.696. The minimum Gasteiger partial charge on any atom is -0.383 e. The zero-order valence-electron chi connectivity index (χ0n) is 10.6. The average Bonchev–Trinajstić information content (AvgIpc) is 2.39. The lowest BCUT2D eigenvalue weighted by atomic mass is 10.0. The van der Waals surface area contributed by atoms with Gasteiger partial charge in [-0.25, -0.2) is 4.98 Å². The molecular weight excluding hydrogens is 236 g/mol. The molecule has 0 spiro atoms. The number of benzene rings is 2. The topological polar surface area (TPSA) is 77.8 Å². The van der Waals surface area contributed by atoms with Crippen molar-refractivity contribution in [3.63, 3.8) is 0 Å². The van der Waals surface area contributed by atoms with E-state index in [9.17, 15) is 0 Å². The second kappa shape index (κ2) is 4.24. The highest BCUT2D eigenvalue weighted by atomic mass is 15.0. The van der Waals surface area contributed by atoms with Gasteiger partial charge in [-0.05, 0) is 30.2 Å². The van der Waals surface area contributed by atoms with Crippen LogP contribution in [0.15, 0.2) is 42.5 Å². The van der Waals surface area contributed by atoms with Crippen molar-refractivity contribution in [3.8, 4) is 11.1 Å². The number of hydrogen-bond donors (Lipinski definition) is 2. The number of fused-ring (bicyclic) bond motifs is 1. The maximum absolute atomic E-state index is 5.90. The van der Waals surface area contributed by atoms with Crippen LogP contribution >= 0.6 is 0 Å². The number of nitrogen functional groups attached to an aromatic ring is 2. The van der Waals surface area contributed by atoms with Crippen LogP contribution in [-0.4, -0.2) is 9.97 Å². The van der Waals surface area contributed by atoms with Gasteiger partial charge in [0, 0.05) is 5.39 Å². The lowest BCUT2D eigenvalue weighted by Gasteiger charge is -2.06. The highest BCUT2D eigenvalue weighted by molar-refractivity contribution is 5.92. The van der Waals surface area contributed by atoms with Gasteiger partial charge >= 0.3 is 0 Å². The van der Waals surface area contributed by atoms with Gasteiger partial charge in [0.05, 0.1) is 5.52 Å². The summed E-state index contributed by atoms with van der Waals surface area (Å²) >= 11 is 0. The summed E-state index contributed by atoms with van der Waals surface area (Å²) in [6.45, 7) is 2.07. The maximum Gasteiger partial charge on any atom is 0.222 e. The van der Waals surface area contributed by atoms with Crippen molar-refractivity contribution in [3.05, 3.63) is 48.0 Å². The molecule has 3 aromatic rings.